The molecular formula is C67H84N6O34S2. The zero-order valence-electron chi connectivity index (χ0n) is 59.2. The number of esters is 2. The highest BCUT2D eigenvalue weighted by Crippen LogP contribution is 2.34. The first-order chi connectivity index (χ1) is 50.6. The first-order valence-corrected chi connectivity index (χ1v) is 36.2. The molecule has 4 aliphatic rings. The van der Waals surface area contributed by atoms with Crippen molar-refractivity contribution >= 4 is 126 Å². The number of nitrogens with zero attached hydrogens (tertiary/aromatic N) is 2. The molecule has 42 heteroatoms. The minimum absolute atomic E-state index is 0.0894. The monoisotopic (exact) mass is 1580 g/mol. The predicted molar refractivity (Wildman–Crippen MR) is 370 cm³/mol. The highest BCUT2D eigenvalue weighted by Gasteiger charge is 2.50. The second kappa shape index (κ2) is 39.3. The highest BCUT2D eigenvalue weighted by atomic mass is 32.2. The number of aliphatic hydroxyl groups is 6. The van der Waals surface area contributed by atoms with Gasteiger partial charge in [0.15, 0.2) is 18.0 Å². The third kappa shape index (κ3) is 28.1. The van der Waals surface area contributed by atoms with E-state index >= 15 is 0 Å². The standard InChI is InChI=1S/C34H43N3O17S.C33H41N3O17S/c1-34(2,3)33(48)52-14-4-5-18-6-7-22(53-32-28(44)26(42)27(43)29(54-32)31(46)47)21(15-18)36-23(39)10-12-35-30(45)19(17-55(49,50)51)16-20(38)11-13-37-24(40)8-9-25(37)41;1-33(2,3)32(47)51-12-4-5-17-6-7-21(52-31-27(43)25(41)26(42)28(53-31)30(45)46)20(13-17)35-22(38)10-11-34-29(44)18(16-54(48,49)50)14-19(37)15-36-23(39)8-9-24(36)40/h4-9,15,19,26-29,32,42-44H,10-14,16-17H2,1-3H3,(H,35,45)(H,36,39)(H,46,47)(H,49,50,51);4-9,13,18,25-28,31,41-43H,10-12,14-16H2,1-3H3,(H,34,44)(H,35,38)(H,45,46)(H,48,49,50)/b2*5-4+/t19?,26-,27-,28+,29-,32+;18?,25-,26-,27+,28-,31+/m00/s1. The summed E-state index contributed by atoms with van der Waals surface area (Å²) in [5.74, 6) is -18.2. The van der Waals surface area contributed by atoms with E-state index in [2.05, 4.69) is 21.3 Å². The summed E-state index contributed by atoms with van der Waals surface area (Å²) in [5, 5.41) is 89.6. The molecule has 4 aliphatic heterocycles. The molecule has 4 heterocycles. The first kappa shape index (κ1) is 89.5. The van der Waals surface area contributed by atoms with Crippen LogP contribution in [0.1, 0.15) is 84.8 Å². The van der Waals surface area contributed by atoms with E-state index in [1.807, 2.05) is 0 Å². The van der Waals surface area contributed by atoms with E-state index < -0.39 is 250 Å². The van der Waals surface area contributed by atoms with Gasteiger partial charge in [0.05, 0.1) is 52.1 Å². The van der Waals surface area contributed by atoms with Crippen LogP contribution in [0.2, 0.25) is 0 Å². The number of nitrogens with one attached hydrogen (secondary N) is 4. The van der Waals surface area contributed by atoms with Crippen LogP contribution in [0.15, 0.2) is 72.9 Å². The molecule has 0 radical (unpaired) electrons. The second-order valence-corrected chi connectivity index (χ2v) is 29.8. The molecule has 6 rings (SSSR count). The molecular weight excluding hydrogens is 1500 g/mol. The summed E-state index contributed by atoms with van der Waals surface area (Å²) >= 11 is 0. The Hall–Kier alpha value is -10.1. The average molecular weight is 1580 g/mol. The van der Waals surface area contributed by atoms with Crippen molar-refractivity contribution in [1.82, 2.24) is 20.4 Å². The Kier molecular flexibility index (Phi) is 32.3. The SMILES string of the molecule is CC(C)(C)C(=O)OC/C=C/c1ccc(O[C@@H]2O[C@H](C(=O)O)[C@@H](O)[C@H](O)[C@H]2O)c(NC(=O)CCNC(=O)C(CC(=O)CCN2C(=O)C=CC2=O)CS(=O)(=O)O)c1.CC(C)(C)C(=O)OC/C=C/c1ccc(O[C@@H]2O[C@H](C(=O)O)[C@@H](O)[C@H](O)[C@H]2O)c(NC(=O)CCNC(=O)C(CC(=O)CN2C(=O)C=CC2=O)CS(=O)(=O)O)c1. The predicted octanol–water partition coefficient (Wildman–Crippen LogP) is -2.82. The summed E-state index contributed by atoms with van der Waals surface area (Å²) < 4.78 is 97.0. The van der Waals surface area contributed by atoms with Gasteiger partial charge in [0.25, 0.3) is 43.9 Å². The van der Waals surface area contributed by atoms with Crippen LogP contribution in [-0.4, -0.2) is 272 Å². The largest absolute Gasteiger partial charge is 0.479 e. The topological polar surface area (TPSA) is 620 Å². The summed E-state index contributed by atoms with van der Waals surface area (Å²) in [6, 6.07) is 8.25. The number of ether oxygens (including phenoxy) is 6. The van der Waals surface area contributed by atoms with Crippen molar-refractivity contribution in [2.75, 3.05) is 61.5 Å². The number of carbonyl (C=O) groups excluding carboxylic acids is 12. The normalized spacial score (nSPS) is 22.1. The number of carboxylic acid groups (broad SMARTS) is 2. The number of benzene rings is 2. The van der Waals surface area contributed by atoms with Gasteiger partial charge in [0.1, 0.15) is 67.1 Å². The van der Waals surface area contributed by atoms with Crippen molar-refractivity contribution in [1.29, 1.82) is 0 Å². The Labute approximate surface area is 621 Å². The molecule has 14 N–H and O–H groups in total. The molecule has 2 aromatic rings. The zero-order valence-corrected chi connectivity index (χ0v) is 60.8. The number of carboxylic acids is 2. The Bertz CT molecular complexity index is 4110. The molecule has 0 bridgehead atoms. The third-order valence-corrected chi connectivity index (χ3v) is 17.3. The minimum Gasteiger partial charge on any atom is -0.479 e. The summed E-state index contributed by atoms with van der Waals surface area (Å²) in [5.41, 5.74) is -0.856. The Morgan fingerprint density at radius 1 is 0.514 bits per heavy atom. The Balaban J connectivity index is 0.000000391. The molecule has 109 heavy (non-hydrogen) atoms. The lowest BCUT2D eigenvalue weighted by atomic mass is 9.97. The summed E-state index contributed by atoms with van der Waals surface area (Å²) in [6.07, 6.45) is -12.4. The van der Waals surface area contributed by atoms with E-state index in [0.717, 1.165) is 29.2 Å². The molecule has 0 aliphatic carbocycles. The van der Waals surface area contributed by atoms with E-state index in [4.69, 9.17) is 28.4 Å². The molecule has 2 unspecified atom stereocenters. The smallest absolute Gasteiger partial charge is 0.335 e. The van der Waals surface area contributed by atoms with Gasteiger partial charge in [-0.25, -0.2) is 9.59 Å². The van der Waals surface area contributed by atoms with Gasteiger partial charge in [-0.15, -0.1) is 0 Å². The van der Waals surface area contributed by atoms with Gasteiger partial charge in [-0.3, -0.25) is 76.4 Å². The molecule has 40 nitrogen and oxygen atoms in total. The van der Waals surface area contributed by atoms with Crippen LogP contribution < -0.4 is 30.7 Å². The number of aliphatic carboxylic acids is 2. The number of carbonyl (C=O) groups is 14. The lowest BCUT2D eigenvalue weighted by molar-refractivity contribution is -0.271. The van der Waals surface area contributed by atoms with Crippen LogP contribution in [-0.2, 0) is 106 Å². The van der Waals surface area contributed by atoms with Crippen molar-refractivity contribution in [2.24, 2.45) is 22.7 Å². The van der Waals surface area contributed by atoms with Gasteiger partial charge in [-0.2, -0.15) is 16.8 Å². The molecule has 2 fully saturated rings. The highest BCUT2D eigenvalue weighted by molar-refractivity contribution is 7.86. The number of Topliss-reactive ketones (excluding diaryl/α,β-unsaturated/α-hetero) is 2. The first-order valence-electron chi connectivity index (χ1n) is 32.9. The van der Waals surface area contributed by atoms with Gasteiger partial charge in [0, 0.05) is 76.0 Å². The fraction of sp³-hybridized carbons (Fsp3) is 0.493. The number of hydrogen-bond acceptors (Lipinski definition) is 30. The average Bonchev–Trinajstić information content (AvgIpc) is 1.55. The van der Waals surface area contributed by atoms with Crippen LogP contribution in [0.3, 0.4) is 0 Å². The molecule has 0 saturated carbocycles. The number of amides is 8. The van der Waals surface area contributed by atoms with Gasteiger partial charge < -0.3 is 90.5 Å². The molecule has 8 amide bonds. The molecule has 0 aromatic heterocycles. The quantitative estimate of drug-likeness (QED) is 0.0188. The van der Waals surface area contributed by atoms with Crippen LogP contribution in [0.25, 0.3) is 12.2 Å². The fourth-order valence-electron chi connectivity index (χ4n) is 9.94. The van der Waals surface area contributed by atoms with Crippen molar-refractivity contribution < 1.29 is 162 Å². The van der Waals surface area contributed by atoms with Crippen molar-refractivity contribution in [3.8, 4) is 11.5 Å². The number of imide groups is 2. The number of anilines is 2. The maximum Gasteiger partial charge on any atom is 0.335 e. The van der Waals surface area contributed by atoms with Crippen LogP contribution in [0, 0.1) is 22.7 Å². The Morgan fingerprint density at radius 3 is 1.22 bits per heavy atom. The van der Waals surface area contributed by atoms with Gasteiger partial charge in [-0.1, -0.05) is 24.3 Å². The maximum absolute atomic E-state index is 13.0. The van der Waals surface area contributed by atoms with Gasteiger partial charge in [0.2, 0.25) is 36.2 Å². The van der Waals surface area contributed by atoms with Crippen molar-refractivity contribution in [2.45, 2.75) is 135 Å². The summed E-state index contributed by atoms with van der Waals surface area (Å²) in [6.45, 7) is 7.92. The lowest BCUT2D eigenvalue weighted by Crippen LogP contribution is -2.61. The molecule has 2 saturated heterocycles. The van der Waals surface area contributed by atoms with Crippen LogP contribution in [0.5, 0.6) is 11.5 Å². The van der Waals surface area contributed by atoms with Gasteiger partial charge in [-0.05, 0) is 89.1 Å². The Morgan fingerprint density at radius 2 is 0.872 bits per heavy atom. The maximum atomic E-state index is 13.0. The summed E-state index contributed by atoms with van der Waals surface area (Å²) in [4.78, 5) is 172. The van der Waals surface area contributed by atoms with E-state index in [0.29, 0.717) is 16.0 Å². The number of hydrogen-bond donors (Lipinski definition) is 14. The second-order valence-electron chi connectivity index (χ2n) is 26.8. The lowest BCUT2D eigenvalue weighted by Gasteiger charge is -2.38. The number of rotatable bonds is 35. The third-order valence-electron chi connectivity index (χ3n) is 15.7. The molecule has 0 spiro atoms. The number of aliphatic hydroxyl groups excluding tert-OH is 6. The minimum atomic E-state index is -4.79. The zero-order chi connectivity index (χ0) is 81.8. The fourth-order valence-corrected chi connectivity index (χ4v) is 11.5. The summed E-state index contributed by atoms with van der Waals surface area (Å²) in [7, 11) is -9.55. The molecule has 598 valence electrons. The van der Waals surface area contributed by atoms with Crippen molar-refractivity contribution in [3.63, 3.8) is 0 Å². The van der Waals surface area contributed by atoms with E-state index in [-0.39, 0.29) is 42.6 Å². The van der Waals surface area contributed by atoms with Crippen LogP contribution in [0.4, 0.5) is 11.4 Å². The van der Waals surface area contributed by atoms with E-state index in [1.54, 1.807) is 41.5 Å². The molecule has 12 atom stereocenters. The molecule has 2 aromatic carbocycles. The van der Waals surface area contributed by atoms with E-state index in [1.165, 1.54) is 60.7 Å². The number of ketones is 2. The van der Waals surface area contributed by atoms with Gasteiger partial charge >= 0.3 is 23.9 Å². The van der Waals surface area contributed by atoms with E-state index in [9.17, 15) is 134 Å². The van der Waals surface area contributed by atoms with Crippen molar-refractivity contribution in [3.05, 3.63) is 84.0 Å². The van der Waals surface area contributed by atoms with Crippen LogP contribution >= 0.6 is 0 Å².